The van der Waals surface area contributed by atoms with Crippen LogP contribution in [0.5, 0.6) is 0 Å². The predicted octanol–water partition coefficient (Wildman–Crippen LogP) is 0.936. The molecule has 8 heteroatoms. The molecule has 2 N–H and O–H groups in total. The van der Waals surface area contributed by atoms with Crippen LogP contribution >= 0.6 is 0 Å². The number of carbonyl (C=O) groups is 2. The van der Waals surface area contributed by atoms with Crippen LogP contribution in [0.4, 0.5) is 4.79 Å². The smallest absolute Gasteiger partial charge is 0.318 e. The van der Waals surface area contributed by atoms with Gasteiger partial charge in [-0.05, 0) is 25.3 Å². The number of piperidine rings is 1. The van der Waals surface area contributed by atoms with E-state index in [0.29, 0.717) is 39.3 Å². The van der Waals surface area contributed by atoms with Gasteiger partial charge in [-0.1, -0.05) is 6.92 Å². The summed E-state index contributed by atoms with van der Waals surface area (Å²) in [5, 5.41) is 9.93. The van der Waals surface area contributed by atoms with Crippen LogP contribution in [-0.2, 0) is 9.53 Å². The van der Waals surface area contributed by atoms with Gasteiger partial charge in [-0.3, -0.25) is 9.89 Å². The van der Waals surface area contributed by atoms with E-state index in [1.807, 2.05) is 17.9 Å². The summed E-state index contributed by atoms with van der Waals surface area (Å²) in [7, 11) is 0. The third-order valence-electron chi connectivity index (χ3n) is 5.00. The Labute approximate surface area is 147 Å². The van der Waals surface area contributed by atoms with Crippen LogP contribution in [-0.4, -0.2) is 77.4 Å². The summed E-state index contributed by atoms with van der Waals surface area (Å²) in [6.07, 6.45) is 4.31. The van der Waals surface area contributed by atoms with E-state index < -0.39 is 6.04 Å². The maximum absolute atomic E-state index is 12.7. The molecular formula is C17H27N5O3. The number of carbonyl (C=O) groups excluding carboxylic acids is 2. The highest BCUT2D eigenvalue weighted by atomic mass is 16.5. The Balaban J connectivity index is 1.56. The topological polar surface area (TPSA) is 90.6 Å². The normalized spacial score (nSPS) is 22.5. The van der Waals surface area contributed by atoms with Crippen molar-refractivity contribution in [3.63, 3.8) is 0 Å². The van der Waals surface area contributed by atoms with Gasteiger partial charge in [-0.2, -0.15) is 5.10 Å². The molecule has 3 heterocycles. The number of nitrogens with zero attached hydrogens (tertiary/aromatic N) is 3. The van der Waals surface area contributed by atoms with E-state index in [9.17, 15) is 9.59 Å². The Kier molecular flexibility index (Phi) is 5.91. The van der Waals surface area contributed by atoms with Crippen molar-refractivity contribution >= 4 is 11.9 Å². The first-order chi connectivity index (χ1) is 12.2. The molecule has 2 saturated heterocycles. The van der Waals surface area contributed by atoms with Crippen molar-refractivity contribution in [3.05, 3.63) is 18.0 Å². The number of H-pyrrole nitrogens is 1. The second-order valence-electron chi connectivity index (χ2n) is 6.65. The third kappa shape index (κ3) is 4.31. The van der Waals surface area contributed by atoms with Gasteiger partial charge in [0.05, 0.1) is 13.2 Å². The van der Waals surface area contributed by atoms with Crippen molar-refractivity contribution in [2.75, 3.05) is 39.4 Å². The lowest BCUT2D eigenvalue weighted by Gasteiger charge is -2.34. The lowest BCUT2D eigenvalue weighted by Crippen LogP contribution is -2.55. The molecule has 2 aliphatic rings. The molecule has 0 radical (unpaired) electrons. The standard InChI is InChI=1S/C17H27N5O3/c1-2-14(16(23)21-8-10-25-11-9-21)19-17(24)22-7-3-4-13(12-22)15-5-6-18-20-15/h5-6,13-14H,2-4,7-12H2,1H3,(H,18,20)(H,19,24)/t13-,14+/m1/s1. The monoisotopic (exact) mass is 349 g/mol. The number of rotatable bonds is 4. The molecule has 0 unspecified atom stereocenters. The van der Waals surface area contributed by atoms with Crippen molar-refractivity contribution in [2.45, 2.75) is 38.1 Å². The van der Waals surface area contributed by atoms with Crippen molar-refractivity contribution in [1.29, 1.82) is 0 Å². The van der Waals surface area contributed by atoms with Gasteiger partial charge in [-0.25, -0.2) is 4.79 Å². The molecule has 3 rings (SSSR count). The van der Waals surface area contributed by atoms with Crippen molar-refractivity contribution in [3.8, 4) is 0 Å². The molecule has 0 bridgehead atoms. The molecule has 2 atom stereocenters. The lowest BCUT2D eigenvalue weighted by atomic mass is 9.95. The summed E-state index contributed by atoms with van der Waals surface area (Å²) < 4.78 is 5.29. The minimum absolute atomic E-state index is 0.0127. The molecule has 2 fully saturated rings. The van der Waals surface area contributed by atoms with Gasteiger partial charge < -0.3 is 19.9 Å². The first-order valence-electron chi connectivity index (χ1n) is 9.10. The summed E-state index contributed by atoms with van der Waals surface area (Å²) in [6, 6.07) is 1.33. The number of aromatic nitrogens is 2. The molecular weight excluding hydrogens is 322 g/mol. The number of amides is 3. The van der Waals surface area contributed by atoms with Crippen molar-refractivity contribution < 1.29 is 14.3 Å². The fourth-order valence-corrected chi connectivity index (χ4v) is 3.49. The first kappa shape index (κ1) is 17.7. The Hall–Kier alpha value is -2.09. The van der Waals surface area contributed by atoms with Crippen LogP contribution in [0.3, 0.4) is 0 Å². The second kappa shape index (κ2) is 8.33. The molecule has 25 heavy (non-hydrogen) atoms. The van der Waals surface area contributed by atoms with E-state index >= 15 is 0 Å². The minimum atomic E-state index is -0.474. The average molecular weight is 349 g/mol. The van der Waals surface area contributed by atoms with Crippen molar-refractivity contribution in [1.82, 2.24) is 25.3 Å². The number of urea groups is 1. The fraction of sp³-hybridized carbons (Fsp3) is 0.706. The molecule has 0 aromatic carbocycles. The number of hydrogen-bond donors (Lipinski definition) is 2. The van der Waals surface area contributed by atoms with E-state index in [1.54, 1.807) is 11.1 Å². The summed E-state index contributed by atoms with van der Waals surface area (Å²) in [6.45, 7) is 5.61. The Morgan fingerprint density at radius 2 is 2.16 bits per heavy atom. The van der Waals surface area contributed by atoms with E-state index in [4.69, 9.17) is 4.74 Å². The maximum Gasteiger partial charge on any atom is 0.318 e. The SMILES string of the molecule is CC[C@H](NC(=O)N1CCC[C@@H](c2ccn[nH]2)C1)C(=O)N1CCOCC1. The molecule has 3 amide bonds. The molecule has 0 spiro atoms. The van der Waals surface area contributed by atoms with Gasteiger partial charge in [0.15, 0.2) is 0 Å². The Morgan fingerprint density at radius 3 is 2.84 bits per heavy atom. The van der Waals surface area contributed by atoms with Gasteiger partial charge in [0.2, 0.25) is 5.91 Å². The van der Waals surface area contributed by atoms with Gasteiger partial charge in [-0.15, -0.1) is 0 Å². The summed E-state index contributed by atoms with van der Waals surface area (Å²) in [4.78, 5) is 28.9. The quantitative estimate of drug-likeness (QED) is 0.846. The first-order valence-corrected chi connectivity index (χ1v) is 9.10. The van der Waals surface area contributed by atoms with Gasteiger partial charge in [0.25, 0.3) is 0 Å². The average Bonchev–Trinajstić information content (AvgIpc) is 3.21. The largest absolute Gasteiger partial charge is 0.378 e. The zero-order valence-electron chi connectivity index (χ0n) is 14.7. The summed E-state index contributed by atoms with van der Waals surface area (Å²) >= 11 is 0. The second-order valence-corrected chi connectivity index (χ2v) is 6.65. The molecule has 138 valence electrons. The van der Waals surface area contributed by atoms with Crippen LogP contribution in [0.25, 0.3) is 0 Å². The maximum atomic E-state index is 12.7. The van der Waals surface area contributed by atoms with E-state index in [-0.39, 0.29) is 17.9 Å². The third-order valence-corrected chi connectivity index (χ3v) is 5.00. The predicted molar refractivity (Wildman–Crippen MR) is 92.1 cm³/mol. The minimum Gasteiger partial charge on any atom is -0.378 e. The zero-order chi connectivity index (χ0) is 17.6. The Bertz CT molecular complexity index is 571. The molecule has 0 saturated carbocycles. The molecule has 8 nitrogen and oxygen atoms in total. The highest BCUT2D eigenvalue weighted by Crippen LogP contribution is 2.25. The summed E-state index contributed by atoms with van der Waals surface area (Å²) in [5.41, 5.74) is 1.06. The molecule has 1 aromatic rings. The number of aromatic amines is 1. The van der Waals surface area contributed by atoms with Crippen LogP contribution in [0, 0.1) is 0 Å². The lowest BCUT2D eigenvalue weighted by molar-refractivity contribution is -0.137. The number of likely N-dealkylation sites (tertiary alicyclic amines) is 1. The number of hydrogen-bond acceptors (Lipinski definition) is 4. The van der Waals surface area contributed by atoms with Crippen LogP contribution in [0.15, 0.2) is 12.3 Å². The Morgan fingerprint density at radius 1 is 1.36 bits per heavy atom. The van der Waals surface area contributed by atoms with Gasteiger partial charge >= 0.3 is 6.03 Å². The van der Waals surface area contributed by atoms with Crippen LogP contribution in [0.2, 0.25) is 0 Å². The molecule has 0 aliphatic carbocycles. The fourth-order valence-electron chi connectivity index (χ4n) is 3.49. The number of ether oxygens (including phenoxy) is 1. The van der Waals surface area contributed by atoms with E-state index in [1.165, 1.54) is 0 Å². The number of morpholine rings is 1. The molecule has 1 aromatic heterocycles. The molecule has 2 aliphatic heterocycles. The van der Waals surface area contributed by atoms with Gasteiger partial charge in [0, 0.05) is 44.0 Å². The number of nitrogens with one attached hydrogen (secondary N) is 2. The van der Waals surface area contributed by atoms with Crippen LogP contribution in [0.1, 0.15) is 37.8 Å². The summed E-state index contributed by atoms with van der Waals surface area (Å²) in [5.74, 6) is 0.262. The highest BCUT2D eigenvalue weighted by Gasteiger charge is 2.30. The van der Waals surface area contributed by atoms with Gasteiger partial charge in [0.1, 0.15) is 6.04 Å². The zero-order valence-corrected chi connectivity index (χ0v) is 14.7. The van der Waals surface area contributed by atoms with Crippen LogP contribution < -0.4 is 5.32 Å². The van der Waals surface area contributed by atoms with E-state index in [0.717, 1.165) is 25.1 Å². The highest BCUT2D eigenvalue weighted by molar-refractivity contribution is 5.87. The van der Waals surface area contributed by atoms with E-state index in [2.05, 4.69) is 15.5 Å². The van der Waals surface area contributed by atoms with Crippen molar-refractivity contribution in [2.24, 2.45) is 0 Å².